The second kappa shape index (κ2) is 7.09. The van der Waals surface area contributed by atoms with Gasteiger partial charge in [0.1, 0.15) is 0 Å². The molecule has 0 bridgehead atoms. The summed E-state index contributed by atoms with van der Waals surface area (Å²) in [4.78, 5) is 34.2. The van der Waals surface area contributed by atoms with Crippen molar-refractivity contribution in [1.29, 1.82) is 0 Å². The number of carbonyl (C=O) groups is 3. The van der Waals surface area contributed by atoms with Crippen LogP contribution in [0.25, 0.3) is 0 Å². The summed E-state index contributed by atoms with van der Waals surface area (Å²) in [5.41, 5.74) is -1.37. The third kappa shape index (κ3) is 4.69. The molecule has 0 aromatic heterocycles. The first-order valence-electron chi connectivity index (χ1n) is 6.52. The number of hydrogen-bond donors (Lipinski definition) is 4. The molecule has 114 valence electrons. The van der Waals surface area contributed by atoms with Crippen molar-refractivity contribution in [2.45, 2.75) is 38.3 Å². The third-order valence-corrected chi connectivity index (χ3v) is 2.87. The topological polar surface area (TPSA) is 117 Å². The first-order chi connectivity index (χ1) is 9.35. The van der Waals surface area contributed by atoms with Crippen LogP contribution in [0.1, 0.15) is 26.7 Å². The number of carboxylic acids is 1. The van der Waals surface area contributed by atoms with Gasteiger partial charge in [0.2, 0.25) is 5.91 Å². The van der Waals surface area contributed by atoms with E-state index in [-0.39, 0.29) is 37.9 Å². The molecule has 1 heterocycles. The lowest BCUT2D eigenvalue weighted by molar-refractivity contribution is -0.144. The number of carbonyl (C=O) groups excluding carboxylic acids is 2. The van der Waals surface area contributed by atoms with Crippen molar-refractivity contribution in [3.63, 3.8) is 0 Å². The van der Waals surface area contributed by atoms with Gasteiger partial charge in [-0.3, -0.25) is 4.79 Å². The number of hydrogen-bond acceptors (Lipinski definition) is 4. The molecule has 1 rings (SSSR count). The van der Waals surface area contributed by atoms with Crippen LogP contribution in [-0.4, -0.2) is 54.4 Å². The Morgan fingerprint density at radius 3 is 2.55 bits per heavy atom. The number of urea groups is 1. The van der Waals surface area contributed by atoms with Crippen LogP contribution >= 0.6 is 0 Å². The molecular formula is C12H21N3O5. The van der Waals surface area contributed by atoms with Crippen LogP contribution in [0.15, 0.2) is 0 Å². The van der Waals surface area contributed by atoms with Gasteiger partial charge in [-0.2, -0.15) is 0 Å². The number of amides is 3. The van der Waals surface area contributed by atoms with Crippen molar-refractivity contribution < 1.29 is 24.2 Å². The Kier molecular flexibility index (Phi) is 5.75. The van der Waals surface area contributed by atoms with Gasteiger partial charge in [-0.1, -0.05) is 0 Å². The second-order valence-corrected chi connectivity index (χ2v) is 5.04. The fourth-order valence-electron chi connectivity index (χ4n) is 1.83. The molecule has 20 heavy (non-hydrogen) atoms. The van der Waals surface area contributed by atoms with E-state index in [2.05, 4.69) is 16.0 Å². The van der Waals surface area contributed by atoms with E-state index < -0.39 is 17.5 Å². The molecule has 4 N–H and O–H groups in total. The Hall–Kier alpha value is -1.83. The minimum atomic E-state index is -1.37. The summed E-state index contributed by atoms with van der Waals surface area (Å²) in [5.74, 6) is -1.29. The molecular weight excluding hydrogens is 266 g/mol. The summed E-state index contributed by atoms with van der Waals surface area (Å²) in [7, 11) is 0. The largest absolute Gasteiger partial charge is 0.479 e. The summed E-state index contributed by atoms with van der Waals surface area (Å²) >= 11 is 0. The normalized spacial score (nSPS) is 21.6. The van der Waals surface area contributed by atoms with E-state index in [1.165, 1.54) is 0 Å². The average Bonchev–Trinajstić information content (AvgIpc) is 2.77. The SMILES string of the molecule is CC(C)NC(=O)CCNC(=O)NC1(C(=O)O)CCOC1. The van der Waals surface area contributed by atoms with Gasteiger partial charge in [0.15, 0.2) is 5.54 Å². The van der Waals surface area contributed by atoms with Gasteiger partial charge >= 0.3 is 12.0 Å². The van der Waals surface area contributed by atoms with Gasteiger partial charge in [-0.25, -0.2) is 9.59 Å². The average molecular weight is 287 g/mol. The first kappa shape index (κ1) is 16.2. The summed E-state index contributed by atoms with van der Waals surface area (Å²) in [6, 6.07) is -0.572. The molecule has 0 aromatic carbocycles. The highest BCUT2D eigenvalue weighted by molar-refractivity contribution is 5.87. The molecule has 1 saturated heterocycles. The highest BCUT2D eigenvalue weighted by Gasteiger charge is 2.43. The van der Waals surface area contributed by atoms with E-state index >= 15 is 0 Å². The molecule has 1 fully saturated rings. The minimum absolute atomic E-state index is 0.0437. The number of rotatable bonds is 6. The van der Waals surface area contributed by atoms with E-state index in [4.69, 9.17) is 9.84 Å². The first-order valence-corrected chi connectivity index (χ1v) is 6.52. The maximum absolute atomic E-state index is 11.6. The van der Waals surface area contributed by atoms with Crippen LogP contribution in [0.2, 0.25) is 0 Å². The molecule has 0 radical (unpaired) electrons. The molecule has 8 heteroatoms. The van der Waals surface area contributed by atoms with Gasteiger partial charge in [0, 0.05) is 32.0 Å². The zero-order valence-electron chi connectivity index (χ0n) is 11.7. The molecule has 1 aliphatic heterocycles. The van der Waals surface area contributed by atoms with Crippen molar-refractivity contribution in [1.82, 2.24) is 16.0 Å². The number of nitrogens with one attached hydrogen (secondary N) is 3. The van der Waals surface area contributed by atoms with E-state index in [0.717, 1.165) is 0 Å². The van der Waals surface area contributed by atoms with E-state index in [1.807, 2.05) is 13.8 Å². The Bertz CT molecular complexity index is 377. The lowest BCUT2D eigenvalue weighted by Gasteiger charge is -2.23. The standard InChI is InChI=1S/C12H21N3O5/c1-8(2)14-9(16)3-5-13-11(19)15-12(10(17)18)4-6-20-7-12/h8H,3-7H2,1-2H3,(H,14,16)(H,17,18)(H2,13,15,19). The molecule has 0 aromatic rings. The predicted molar refractivity (Wildman–Crippen MR) is 70.2 cm³/mol. The van der Waals surface area contributed by atoms with Crippen LogP contribution in [0.5, 0.6) is 0 Å². The number of ether oxygens (including phenoxy) is 1. The van der Waals surface area contributed by atoms with Crippen molar-refractivity contribution in [3.8, 4) is 0 Å². The van der Waals surface area contributed by atoms with E-state index in [1.54, 1.807) is 0 Å². The van der Waals surface area contributed by atoms with Crippen LogP contribution in [-0.2, 0) is 14.3 Å². The Labute approximate surface area is 117 Å². The van der Waals surface area contributed by atoms with Crippen LogP contribution in [0.3, 0.4) is 0 Å². The monoisotopic (exact) mass is 287 g/mol. The van der Waals surface area contributed by atoms with Crippen molar-refractivity contribution >= 4 is 17.9 Å². The zero-order chi connectivity index (χ0) is 15.2. The maximum atomic E-state index is 11.6. The fourth-order valence-corrected chi connectivity index (χ4v) is 1.83. The maximum Gasteiger partial charge on any atom is 0.332 e. The molecule has 1 atom stereocenters. The fraction of sp³-hybridized carbons (Fsp3) is 0.750. The molecule has 0 spiro atoms. The molecule has 0 aliphatic carbocycles. The quantitative estimate of drug-likeness (QED) is 0.522. The zero-order valence-corrected chi connectivity index (χ0v) is 11.7. The molecule has 1 aliphatic rings. The van der Waals surface area contributed by atoms with Crippen molar-refractivity contribution in [2.75, 3.05) is 19.8 Å². The molecule has 0 saturated carbocycles. The highest BCUT2D eigenvalue weighted by Crippen LogP contribution is 2.18. The van der Waals surface area contributed by atoms with E-state index in [0.29, 0.717) is 6.61 Å². The summed E-state index contributed by atoms with van der Waals surface area (Å²) < 4.78 is 5.02. The Morgan fingerprint density at radius 1 is 1.35 bits per heavy atom. The summed E-state index contributed by atoms with van der Waals surface area (Å²) in [6.45, 7) is 4.07. The Balaban J connectivity index is 2.33. The van der Waals surface area contributed by atoms with Crippen LogP contribution in [0, 0.1) is 0 Å². The highest BCUT2D eigenvalue weighted by atomic mass is 16.5. The molecule has 3 amide bonds. The van der Waals surface area contributed by atoms with Gasteiger partial charge in [0.05, 0.1) is 6.61 Å². The smallest absolute Gasteiger partial charge is 0.332 e. The van der Waals surface area contributed by atoms with Crippen molar-refractivity contribution in [2.24, 2.45) is 0 Å². The number of aliphatic carboxylic acids is 1. The second-order valence-electron chi connectivity index (χ2n) is 5.04. The molecule has 8 nitrogen and oxygen atoms in total. The van der Waals surface area contributed by atoms with E-state index in [9.17, 15) is 14.4 Å². The third-order valence-electron chi connectivity index (χ3n) is 2.87. The summed E-state index contributed by atoms with van der Waals surface area (Å²) in [6.07, 6.45) is 0.367. The molecule has 1 unspecified atom stereocenters. The predicted octanol–water partition coefficient (Wildman–Crippen LogP) is -0.556. The summed E-state index contributed by atoms with van der Waals surface area (Å²) in [5, 5.41) is 16.7. The van der Waals surface area contributed by atoms with Crippen molar-refractivity contribution in [3.05, 3.63) is 0 Å². The van der Waals surface area contributed by atoms with Gasteiger partial charge < -0.3 is 25.8 Å². The van der Waals surface area contributed by atoms with Crippen LogP contribution in [0.4, 0.5) is 4.79 Å². The number of carboxylic acid groups (broad SMARTS) is 1. The van der Waals surface area contributed by atoms with Gasteiger partial charge in [-0.15, -0.1) is 0 Å². The van der Waals surface area contributed by atoms with Gasteiger partial charge in [0.25, 0.3) is 0 Å². The van der Waals surface area contributed by atoms with Gasteiger partial charge in [-0.05, 0) is 13.8 Å². The van der Waals surface area contributed by atoms with Crippen LogP contribution < -0.4 is 16.0 Å². The lowest BCUT2D eigenvalue weighted by Crippen LogP contribution is -2.57. The Morgan fingerprint density at radius 2 is 2.05 bits per heavy atom. The lowest BCUT2D eigenvalue weighted by atomic mass is 9.99. The minimum Gasteiger partial charge on any atom is -0.479 e.